The Labute approximate surface area is 299 Å². The molecule has 264 valence electrons. The Balaban J connectivity index is 1.06. The number of hydrogen-bond acceptors (Lipinski definition) is 7. The number of allylic oxidation sites excluding steroid dienone is 1. The van der Waals surface area contributed by atoms with Crippen LogP contribution in [0.25, 0.3) is 16.6 Å². The summed E-state index contributed by atoms with van der Waals surface area (Å²) in [6.07, 6.45) is 9.98. The number of halogens is 2. The molecule has 2 aromatic carbocycles. The van der Waals surface area contributed by atoms with Crippen molar-refractivity contribution in [1.82, 2.24) is 19.8 Å². The van der Waals surface area contributed by atoms with Crippen LogP contribution in [0.4, 0.5) is 10.1 Å². The number of fused-ring (bicyclic) bond motifs is 1. The summed E-state index contributed by atoms with van der Waals surface area (Å²) in [5.74, 6) is 0.555. The van der Waals surface area contributed by atoms with Gasteiger partial charge in [0.05, 0.1) is 13.3 Å². The number of pyridine rings is 1. The number of H-pyrrole nitrogens is 1. The second kappa shape index (κ2) is 15.1. The normalized spacial score (nSPS) is 19.2. The lowest BCUT2D eigenvalue weighted by Gasteiger charge is -2.48. The lowest BCUT2D eigenvalue weighted by Crippen LogP contribution is -2.48. The van der Waals surface area contributed by atoms with Crippen molar-refractivity contribution < 1.29 is 18.7 Å². The van der Waals surface area contributed by atoms with Crippen molar-refractivity contribution in [3.05, 3.63) is 88.7 Å². The van der Waals surface area contributed by atoms with Crippen LogP contribution in [0.3, 0.4) is 0 Å². The number of benzene rings is 2. The van der Waals surface area contributed by atoms with Crippen LogP contribution in [0.15, 0.2) is 72.6 Å². The predicted octanol–water partition coefficient (Wildman–Crippen LogP) is 8.39. The van der Waals surface area contributed by atoms with Gasteiger partial charge in [0.2, 0.25) is 0 Å². The fraction of sp³-hybridized carbons (Fsp3) is 0.450. The standard InChI is InChI=1S/C40H47ClFN5O3/c1-3-32(25-42)46-16-13-40(14-17-46)12-10-35(28-4-6-31(41)7-5-28)30(24-40)27-45-18-20-47(21-19-45)33-8-9-36(39(48)49-2)37(23-33)50-34-22-29-11-15-43-38(29)44-26-34/h4-9,11,15,22-23,26,32H,3,10,12-14,16-21,24-25,27H2,1-2H3,(H,43,44). The zero-order valence-corrected chi connectivity index (χ0v) is 29.9. The van der Waals surface area contributed by atoms with Crippen LogP contribution in [-0.4, -0.2) is 91.4 Å². The van der Waals surface area contributed by atoms with Crippen molar-refractivity contribution in [3.8, 4) is 11.5 Å². The molecular formula is C40H47ClFN5O3. The van der Waals surface area contributed by atoms with Gasteiger partial charge < -0.3 is 19.4 Å². The van der Waals surface area contributed by atoms with E-state index in [9.17, 15) is 9.18 Å². The Morgan fingerprint density at radius 2 is 1.80 bits per heavy atom. The maximum absolute atomic E-state index is 13.7. The number of aromatic amines is 1. The topological polar surface area (TPSA) is 73.9 Å². The number of rotatable bonds is 10. The second-order valence-electron chi connectivity index (χ2n) is 14.1. The van der Waals surface area contributed by atoms with E-state index in [0.717, 1.165) is 99.7 Å². The van der Waals surface area contributed by atoms with Gasteiger partial charge in [-0.25, -0.2) is 14.2 Å². The molecule has 50 heavy (non-hydrogen) atoms. The van der Waals surface area contributed by atoms with Crippen LogP contribution >= 0.6 is 11.6 Å². The molecule has 10 heteroatoms. The minimum Gasteiger partial charge on any atom is -0.465 e. The van der Waals surface area contributed by atoms with E-state index in [-0.39, 0.29) is 18.1 Å². The number of ether oxygens (including phenoxy) is 2. The molecule has 8 nitrogen and oxygen atoms in total. The summed E-state index contributed by atoms with van der Waals surface area (Å²) in [4.78, 5) is 27.5. The predicted molar refractivity (Wildman–Crippen MR) is 198 cm³/mol. The van der Waals surface area contributed by atoms with E-state index in [2.05, 4.69) is 43.7 Å². The van der Waals surface area contributed by atoms with E-state index in [1.165, 1.54) is 24.7 Å². The summed E-state index contributed by atoms with van der Waals surface area (Å²) >= 11 is 6.29. The minimum absolute atomic E-state index is 0.0529. The zero-order valence-electron chi connectivity index (χ0n) is 29.1. The summed E-state index contributed by atoms with van der Waals surface area (Å²) in [6.45, 7) is 8.34. The van der Waals surface area contributed by atoms with Crippen LogP contribution in [0.5, 0.6) is 11.5 Å². The van der Waals surface area contributed by atoms with E-state index < -0.39 is 5.97 Å². The van der Waals surface area contributed by atoms with E-state index >= 15 is 0 Å². The molecule has 2 fully saturated rings. The maximum atomic E-state index is 13.7. The number of aromatic nitrogens is 2. The fourth-order valence-corrected chi connectivity index (χ4v) is 8.35. The Hall–Kier alpha value is -3.92. The number of carbonyl (C=O) groups excluding carboxylic acids is 1. The SMILES string of the molecule is CCC(CF)N1CCC2(CCC(c3ccc(Cl)cc3)=C(CN3CCN(c4ccc(C(=O)OC)c(Oc5cnc6[nH]ccc6c5)c4)CC3)C2)CC1. The summed E-state index contributed by atoms with van der Waals surface area (Å²) in [6, 6.07) is 18.0. The zero-order chi connectivity index (χ0) is 34.7. The Kier molecular flexibility index (Phi) is 10.4. The Morgan fingerprint density at radius 1 is 1.02 bits per heavy atom. The van der Waals surface area contributed by atoms with E-state index in [1.807, 2.05) is 42.6 Å². The van der Waals surface area contributed by atoms with Crippen molar-refractivity contribution >= 4 is 39.9 Å². The van der Waals surface area contributed by atoms with Gasteiger partial charge in [-0.1, -0.05) is 36.2 Å². The molecule has 0 radical (unpaired) electrons. The van der Waals surface area contributed by atoms with Crippen molar-refractivity contribution in [2.24, 2.45) is 5.41 Å². The molecule has 0 saturated carbocycles. The van der Waals surface area contributed by atoms with Gasteiger partial charge in [0.1, 0.15) is 29.4 Å². The molecule has 2 saturated heterocycles. The van der Waals surface area contributed by atoms with Crippen LogP contribution in [-0.2, 0) is 4.74 Å². The first-order valence-electron chi connectivity index (χ1n) is 17.9. The second-order valence-corrected chi connectivity index (χ2v) is 14.6. The number of alkyl halides is 1. The smallest absolute Gasteiger partial charge is 0.341 e. The molecule has 1 unspecified atom stereocenters. The maximum Gasteiger partial charge on any atom is 0.341 e. The van der Waals surface area contributed by atoms with Gasteiger partial charge in [-0.3, -0.25) is 9.80 Å². The van der Waals surface area contributed by atoms with Gasteiger partial charge in [-0.05, 0) is 105 Å². The van der Waals surface area contributed by atoms with Crippen molar-refractivity contribution in [2.45, 2.75) is 51.5 Å². The number of anilines is 1. The highest BCUT2D eigenvalue weighted by molar-refractivity contribution is 6.30. The van der Waals surface area contributed by atoms with Crippen LogP contribution in [0.2, 0.25) is 5.02 Å². The lowest BCUT2D eigenvalue weighted by atomic mass is 9.65. The third-order valence-electron chi connectivity index (χ3n) is 11.3. The molecule has 4 aromatic rings. The highest BCUT2D eigenvalue weighted by Gasteiger charge is 2.40. The molecule has 2 aromatic heterocycles. The number of likely N-dealkylation sites (tertiary alicyclic amines) is 1. The van der Waals surface area contributed by atoms with Crippen molar-refractivity contribution in [3.63, 3.8) is 0 Å². The number of nitrogens with one attached hydrogen (secondary N) is 1. The average molecular weight is 700 g/mol. The number of hydrogen-bond donors (Lipinski definition) is 1. The minimum atomic E-state index is -0.444. The molecule has 1 N–H and O–H groups in total. The third kappa shape index (κ3) is 7.41. The molecule has 0 amide bonds. The first-order chi connectivity index (χ1) is 24.4. The number of methoxy groups -OCH3 is 1. The molecule has 1 atom stereocenters. The number of carbonyl (C=O) groups is 1. The van der Waals surface area contributed by atoms with Crippen LogP contribution in [0.1, 0.15) is 61.4 Å². The van der Waals surface area contributed by atoms with Gasteiger partial charge in [0, 0.05) is 67.1 Å². The summed E-state index contributed by atoms with van der Waals surface area (Å²) < 4.78 is 25.0. The fourth-order valence-electron chi connectivity index (χ4n) is 8.23. The number of piperidine rings is 1. The molecular weight excluding hydrogens is 653 g/mol. The van der Waals surface area contributed by atoms with E-state index in [4.69, 9.17) is 21.1 Å². The average Bonchev–Trinajstić information content (AvgIpc) is 3.62. The van der Waals surface area contributed by atoms with Gasteiger partial charge in [-0.15, -0.1) is 0 Å². The summed E-state index contributed by atoms with van der Waals surface area (Å²) in [5, 5.41) is 1.69. The van der Waals surface area contributed by atoms with Crippen molar-refractivity contribution in [1.29, 1.82) is 0 Å². The monoisotopic (exact) mass is 699 g/mol. The van der Waals surface area contributed by atoms with Crippen LogP contribution < -0.4 is 9.64 Å². The number of nitrogens with zero attached hydrogens (tertiary/aromatic N) is 4. The molecule has 0 bridgehead atoms. The molecule has 3 aliphatic rings. The highest BCUT2D eigenvalue weighted by Crippen LogP contribution is 2.49. The number of esters is 1. The van der Waals surface area contributed by atoms with E-state index in [1.54, 1.807) is 17.8 Å². The van der Waals surface area contributed by atoms with Gasteiger partial charge in [-0.2, -0.15) is 0 Å². The third-order valence-corrected chi connectivity index (χ3v) is 11.5. The molecule has 1 aliphatic carbocycles. The summed E-state index contributed by atoms with van der Waals surface area (Å²) in [5.41, 5.74) is 6.74. The van der Waals surface area contributed by atoms with Gasteiger partial charge >= 0.3 is 5.97 Å². The molecule has 1 spiro atoms. The number of piperazine rings is 1. The Morgan fingerprint density at radius 3 is 2.52 bits per heavy atom. The van der Waals surface area contributed by atoms with Gasteiger partial charge in [0.25, 0.3) is 0 Å². The highest BCUT2D eigenvalue weighted by atomic mass is 35.5. The van der Waals surface area contributed by atoms with Crippen molar-refractivity contribution in [2.75, 3.05) is 64.5 Å². The van der Waals surface area contributed by atoms with Crippen LogP contribution in [0, 0.1) is 5.41 Å². The largest absolute Gasteiger partial charge is 0.465 e. The Bertz CT molecular complexity index is 1820. The molecule has 4 heterocycles. The summed E-state index contributed by atoms with van der Waals surface area (Å²) in [7, 11) is 1.38. The lowest BCUT2D eigenvalue weighted by molar-refractivity contribution is 0.0526. The van der Waals surface area contributed by atoms with E-state index in [0.29, 0.717) is 17.1 Å². The first kappa shape index (κ1) is 34.5. The molecule has 2 aliphatic heterocycles. The molecule has 7 rings (SSSR count). The first-order valence-corrected chi connectivity index (χ1v) is 18.3. The van der Waals surface area contributed by atoms with Gasteiger partial charge in [0.15, 0.2) is 0 Å². The quantitative estimate of drug-likeness (QED) is 0.167.